The lowest BCUT2D eigenvalue weighted by Gasteiger charge is -2.35. The van der Waals surface area contributed by atoms with E-state index < -0.39 is 0 Å². The molecule has 2 unspecified atom stereocenters. The summed E-state index contributed by atoms with van der Waals surface area (Å²) in [5.74, 6) is 0.496. The molecule has 234 valence electrons. The Morgan fingerprint density at radius 2 is 1.50 bits per heavy atom. The average Bonchev–Trinajstić information content (AvgIpc) is 3.10. The molecule has 0 bridgehead atoms. The van der Waals surface area contributed by atoms with E-state index in [1.54, 1.807) is 5.57 Å². The number of allylic oxidation sites excluding steroid dienone is 4. The number of ether oxygens (including phenoxy) is 1. The number of hydrogen-bond acceptors (Lipinski definition) is 4. The summed E-state index contributed by atoms with van der Waals surface area (Å²) < 4.78 is 5.68. The van der Waals surface area contributed by atoms with Gasteiger partial charge in [-0.2, -0.15) is 0 Å². The zero-order valence-electron chi connectivity index (χ0n) is 28.7. The van der Waals surface area contributed by atoms with Gasteiger partial charge < -0.3 is 19.4 Å². The minimum atomic E-state index is 0.397. The highest BCUT2D eigenvalue weighted by atomic mass is 16.5. The fourth-order valence-corrected chi connectivity index (χ4v) is 6.54. The third kappa shape index (κ3) is 13.3. The van der Waals surface area contributed by atoms with Crippen molar-refractivity contribution in [2.75, 3.05) is 65.6 Å². The summed E-state index contributed by atoms with van der Waals surface area (Å²) in [4.78, 5) is 7.83. The number of morpholine rings is 1. The molecule has 2 atom stereocenters. The van der Waals surface area contributed by atoms with E-state index in [4.69, 9.17) is 4.74 Å². The monoisotopic (exact) mass is 560 g/mol. The second-order valence-electron chi connectivity index (χ2n) is 12.9. The van der Waals surface area contributed by atoms with E-state index >= 15 is 0 Å². The van der Waals surface area contributed by atoms with Gasteiger partial charge in [-0.3, -0.25) is 0 Å². The van der Waals surface area contributed by atoms with Crippen molar-refractivity contribution in [3.8, 4) is 0 Å². The molecule has 0 spiro atoms. The van der Waals surface area contributed by atoms with Crippen LogP contribution in [0.4, 0.5) is 0 Å². The Bertz CT molecular complexity index is 741. The van der Waals surface area contributed by atoms with Crippen molar-refractivity contribution in [3.63, 3.8) is 0 Å². The normalized spacial score (nSPS) is 25.3. The quantitative estimate of drug-likeness (QED) is 0.235. The molecule has 3 aliphatic rings. The molecule has 2 aliphatic heterocycles. The van der Waals surface area contributed by atoms with Crippen LogP contribution in [0.15, 0.2) is 35.6 Å². The Hall–Kier alpha value is -1.10. The van der Waals surface area contributed by atoms with Gasteiger partial charge in [-0.15, -0.1) is 0 Å². The summed E-state index contributed by atoms with van der Waals surface area (Å²) in [7, 11) is 0. The van der Waals surface area contributed by atoms with Gasteiger partial charge in [0.2, 0.25) is 0 Å². The van der Waals surface area contributed by atoms with E-state index in [0.29, 0.717) is 16.7 Å². The van der Waals surface area contributed by atoms with Crippen molar-refractivity contribution in [2.45, 2.75) is 114 Å². The van der Waals surface area contributed by atoms with Crippen molar-refractivity contribution >= 4 is 0 Å². The highest BCUT2D eigenvalue weighted by molar-refractivity contribution is 5.21. The Balaban J connectivity index is 0.00000191. The van der Waals surface area contributed by atoms with Gasteiger partial charge in [0, 0.05) is 57.9 Å². The van der Waals surface area contributed by atoms with Crippen LogP contribution >= 0.6 is 0 Å². The number of rotatable bonds is 11. The third-order valence-corrected chi connectivity index (χ3v) is 8.86. The molecule has 0 saturated carbocycles. The van der Waals surface area contributed by atoms with Gasteiger partial charge >= 0.3 is 0 Å². The molecule has 40 heavy (non-hydrogen) atoms. The first kappa shape index (κ1) is 36.9. The molecule has 3 rings (SSSR count). The molecule has 0 N–H and O–H groups in total. The SMILES string of the molecule is CC.CC.CCCN1CCN(CC/C=C\C/C(=C\C(C)C2=CCC(C)(C)CC(C)(CC)C2)N2CCOCC2)CC1. The molecule has 0 aromatic rings. The molecule has 2 fully saturated rings. The maximum Gasteiger partial charge on any atom is 0.0642 e. The summed E-state index contributed by atoms with van der Waals surface area (Å²) in [6, 6.07) is 0. The molecular weight excluding hydrogens is 490 g/mol. The molecular formula is C36H69N3O. The van der Waals surface area contributed by atoms with Crippen LogP contribution < -0.4 is 0 Å². The zero-order valence-corrected chi connectivity index (χ0v) is 28.7. The van der Waals surface area contributed by atoms with Gasteiger partial charge in [-0.05, 0) is 55.4 Å². The van der Waals surface area contributed by atoms with Gasteiger partial charge in [0.25, 0.3) is 0 Å². The van der Waals surface area contributed by atoms with Crippen LogP contribution in [0.25, 0.3) is 0 Å². The summed E-state index contributed by atoms with van der Waals surface area (Å²) >= 11 is 0. The Morgan fingerprint density at radius 3 is 2.08 bits per heavy atom. The average molecular weight is 560 g/mol. The van der Waals surface area contributed by atoms with Crippen molar-refractivity contribution in [1.82, 2.24) is 14.7 Å². The summed E-state index contributed by atoms with van der Waals surface area (Å²) in [6.07, 6.45) is 18.5. The van der Waals surface area contributed by atoms with E-state index in [9.17, 15) is 0 Å². The van der Waals surface area contributed by atoms with Gasteiger partial charge in [-0.1, -0.05) is 106 Å². The van der Waals surface area contributed by atoms with Crippen LogP contribution in [-0.2, 0) is 4.74 Å². The Labute approximate surface area is 251 Å². The molecule has 1 aliphatic carbocycles. The first-order chi connectivity index (χ1) is 19.2. The molecule has 0 aromatic heterocycles. The zero-order chi connectivity index (χ0) is 30.0. The smallest absolute Gasteiger partial charge is 0.0642 e. The van der Waals surface area contributed by atoms with Gasteiger partial charge in [0.15, 0.2) is 0 Å². The maximum absolute atomic E-state index is 5.68. The fourth-order valence-electron chi connectivity index (χ4n) is 6.54. The lowest BCUT2D eigenvalue weighted by molar-refractivity contribution is 0.0525. The van der Waals surface area contributed by atoms with Gasteiger partial charge in [0.05, 0.1) is 13.2 Å². The van der Waals surface area contributed by atoms with Gasteiger partial charge in [-0.25, -0.2) is 0 Å². The topological polar surface area (TPSA) is 19.0 Å². The highest BCUT2D eigenvalue weighted by Gasteiger charge is 2.34. The molecule has 0 amide bonds. The van der Waals surface area contributed by atoms with Crippen molar-refractivity contribution < 1.29 is 4.74 Å². The molecule has 2 heterocycles. The van der Waals surface area contributed by atoms with Crippen molar-refractivity contribution in [1.29, 1.82) is 0 Å². The molecule has 0 radical (unpaired) electrons. The fraction of sp³-hybridized carbons (Fsp3) is 0.833. The number of piperazine rings is 1. The summed E-state index contributed by atoms with van der Waals surface area (Å²) in [5, 5.41) is 0. The van der Waals surface area contributed by atoms with Crippen LogP contribution in [-0.4, -0.2) is 80.3 Å². The van der Waals surface area contributed by atoms with Crippen LogP contribution in [0.2, 0.25) is 0 Å². The lowest BCUT2D eigenvalue weighted by Crippen LogP contribution is -2.46. The van der Waals surface area contributed by atoms with E-state index in [0.717, 1.165) is 39.1 Å². The lowest BCUT2D eigenvalue weighted by atomic mass is 9.70. The minimum Gasteiger partial charge on any atom is -0.378 e. The van der Waals surface area contributed by atoms with Crippen LogP contribution in [0.1, 0.15) is 114 Å². The Morgan fingerprint density at radius 1 is 0.900 bits per heavy atom. The molecule has 4 heteroatoms. The maximum atomic E-state index is 5.68. The second kappa shape index (κ2) is 19.9. The molecule has 2 saturated heterocycles. The summed E-state index contributed by atoms with van der Waals surface area (Å²) in [5.41, 5.74) is 3.96. The Kier molecular flexibility index (Phi) is 18.4. The second-order valence-corrected chi connectivity index (χ2v) is 12.9. The number of nitrogens with zero attached hydrogens (tertiary/aromatic N) is 3. The predicted octanol–water partition coefficient (Wildman–Crippen LogP) is 8.81. The molecule has 0 aromatic carbocycles. The number of hydrogen-bond donors (Lipinski definition) is 0. The largest absolute Gasteiger partial charge is 0.378 e. The first-order valence-corrected chi connectivity index (χ1v) is 17.1. The predicted molar refractivity (Wildman–Crippen MR) is 178 cm³/mol. The van der Waals surface area contributed by atoms with E-state index in [1.165, 1.54) is 77.1 Å². The first-order valence-electron chi connectivity index (χ1n) is 17.1. The summed E-state index contributed by atoms with van der Waals surface area (Å²) in [6.45, 7) is 33.7. The van der Waals surface area contributed by atoms with E-state index in [2.05, 4.69) is 80.5 Å². The standard InChI is InChI=1S/C32H57N3O.2C2H6/c1-7-15-33-17-19-34(20-18-33)16-11-9-10-12-30(35-21-23-36-24-22-35)25-28(3)29-13-14-31(4,5)27-32(6,8-2)26-29;2*1-2/h9-10,13,25,28H,7-8,11-12,14-24,26-27H2,1-6H3;2*1-2H3/b10-9-,30-25+;;. The van der Waals surface area contributed by atoms with E-state index in [-0.39, 0.29) is 0 Å². The van der Waals surface area contributed by atoms with Crippen LogP contribution in [0.5, 0.6) is 0 Å². The van der Waals surface area contributed by atoms with Crippen molar-refractivity contribution in [3.05, 3.63) is 35.6 Å². The van der Waals surface area contributed by atoms with E-state index in [1.807, 2.05) is 27.7 Å². The van der Waals surface area contributed by atoms with Crippen molar-refractivity contribution in [2.24, 2.45) is 16.7 Å². The van der Waals surface area contributed by atoms with Gasteiger partial charge in [0.1, 0.15) is 0 Å². The molecule has 4 nitrogen and oxygen atoms in total. The minimum absolute atomic E-state index is 0.397. The third-order valence-electron chi connectivity index (χ3n) is 8.86. The van der Waals surface area contributed by atoms with Crippen LogP contribution in [0, 0.1) is 16.7 Å². The van der Waals surface area contributed by atoms with Crippen LogP contribution in [0.3, 0.4) is 0 Å². The highest BCUT2D eigenvalue weighted by Crippen LogP contribution is 2.47.